The highest BCUT2D eigenvalue weighted by Gasteiger charge is 2.43. The van der Waals surface area contributed by atoms with Crippen LogP contribution in [-0.4, -0.2) is 44.3 Å². The van der Waals surface area contributed by atoms with Crippen LogP contribution in [-0.2, 0) is 19.6 Å². The summed E-state index contributed by atoms with van der Waals surface area (Å²) in [5, 5.41) is 2.60. The number of anilines is 1. The molecule has 21 heavy (non-hydrogen) atoms. The van der Waals surface area contributed by atoms with Gasteiger partial charge in [0.25, 0.3) is 0 Å². The molecule has 1 unspecified atom stereocenters. The molecule has 1 fully saturated rings. The van der Waals surface area contributed by atoms with Crippen LogP contribution in [0.3, 0.4) is 0 Å². The minimum absolute atomic E-state index is 0.00732. The quantitative estimate of drug-likeness (QED) is 0.766. The van der Waals surface area contributed by atoms with Crippen molar-refractivity contribution in [1.29, 1.82) is 0 Å². The van der Waals surface area contributed by atoms with E-state index in [-0.39, 0.29) is 22.1 Å². The molecule has 8 heteroatoms. The molecule has 7 nitrogen and oxygen atoms in total. The topological polar surface area (TPSA) is 92.8 Å². The predicted molar refractivity (Wildman–Crippen MR) is 73.3 cm³/mol. The van der Waals surface area contributed by atoms with E-state index < -0.39 is 22.0 Å². The van der Waals surface area contributed by atoms with Crippen molar-refractivity contribution in [2.75, 3.05) is 19.0 Å². The largest absolute Gasteiger partial charge is 0.465 e. The molecule has 0 spiro atoms. The van der Waals surface area contributed by atoms with E-state index in [4.69, 9.17) is 0 Å². The van der Waals surface area contributed by atoms with Gasteiger partial charge in [-0.25, -0.2) is 13.2 Å². The lowest BCUT2D eigenvalue weighted by molar-refractivity contribution is -0.119. The second-order valence-electron chi connectivity index (χ2n) is 4.97. The van der Waals surface area contributed by atoms with E-state index in [0.29, 0.717) is 19.4 Å². The lowest BCUT2D eigenvalue weighted by Gasteiger charge is -2.19. The summed E-state index contributed by atoms with van der Waals surface area (Å²) in [6.07, 6.45) is 1.16. The Kier molecular flexibility index (Phi) is 3.22. The minimum Gasteiger partial charge on any atom is -0.465 e. The lowest BCUT2D eigenvalue weighted by atomic mass is 10.1. The van der Waals surface area contributed by atoms with Gasteiger partial charge in [-0.2, -0.15) is 4.31 Å². The van der Waals surface area contributed by atoms with Gasteiger partial charge in [-0.3, -0.25) is 4.79 Å². The number of esters is 1. The van der Waals surface area contributed by atoms with E-state index in [1.54, 1.807) is 0 Å². The van der Waals surface area contributed by atoms with E-state index >= 15 is 0 Å². The summed E-state index contributed by atoms with van der Waals surface area (Å²) in [6, 6.07) is 3.37. The minimum atomic E-state index is -3.74. The van der Waals surface area contributed by atoms with Crippen LogP contribution < -0.4 is 5.32 Å². The number of hydrogen-bond donors (Lipinski definition) is 1. The van der Waals surface area contributed by atoms with Crippen LogP contribution in [0.4, 0.5) is 5.69 Å². The number of hydrogen-bond acceptors (Lipinski definition) is 5. The van der Waals surface area contributed by atoms with Crippen molar-refractivity contribution in [3.05, 3.63) is 23.8 Å². The third-order valence-corrected chi connectivity index (χ3v) is 5.72. The first-order valence-electron chi connectivity index (χ1n) is 6.50. The van der Waals surface area contributed by atoms with Crippen molar-refractivity contribution in [2.45, 2.75) is 23.8 Å². The average molecular weight is 310 g/mol. The fourth-order valence-electron chi connectivity index (χ4n) is 2.73. The number of methoxy groups -OCH3 is 1. The Hall–Kier alpha value is -1.93. The van der Waals surface area contributed by atoms with Gasteiger partial charge >= 0.3 is 5.97 Å². The van der Waals surface area contributed by atoms with Crippen molar-refractivity contribution in [1.82, 2.24) is 4.31 Å². The van der Waals surface area contributed by atoms with Gasteiger partial charge in [0.15, 0.2) is 0 Å². The van der Waals surface area contributed by atoms with Gasteiger partial charge in [0.05, 0.1) is 18.4 Å². The Morgan fingerprint density at radius 3 is 2.90 bits per heavy atom. The zero-order valence-electron chi connectivity index (χ0n) is 11.3. The predicted octanol–water partition coefficient (Wildman–Crippen LogP) is 0.578. The molecule has 0 aliphatic carbocycles. The van der Waals surface area contributed by atoms with E-state index in [0.717, 1.165) is 0 Å². The van der Waals surface area contributed by atoms with Crippen molar-refractivity contribution in [3.8, 4) is 0 Å². The van der Waals surface area contributed by atoms with Crippen LogP contribution in [0.25, 0.3) is 0 Å². The molecule has 3 rings (SSSR count). The molecule has 0 saturated carbocycles. The van der Waals surface area contributed by atoms with Crippen molar-refractivity contribution < 1.29 is 22.7 Å². The van der Waals surface area contributed by atoms with Gasteiger partial charge in [0.2, 0.25) is 15.9 Å². The maximum Gasteiger partial charge on any atom is 0.337 e. The zero-order valence-corrected chi connectivity index (χ0v) is 12.1. The Balaban J connectivity index is 2.15. The molecule has 0 bridgehead atoms. The second kappa shape index (κ2) is 4.81. The SMILES string of the molecule is COC(=O)c1ccc2c(c1)NC(=O)C1CCCN1S2(=O)=O. The Morgan fingerprint density at radius 2 is 2.19 bits per heavy atom. The van der Waals surface area contributed by atoms with Gasteiger partial charge in [0, 0.05) is 6.54 Å². The van der Waals surface area contributed by atoms with Crippen LogP contribution in [0.2, 0.25) is 0 Å². The number of rotatable bonds is 1. The maximum absolute atomic E-state index is 12.6. The van der Waals surface area contributed by atoms with Crippen LogP contribution in [0.15, 0.2) is 23.1 Å². The van der Waals surface area contributed by atoms with E-state index in [9.17, 15) is 18.0 Å². The molecule has 2 heterocycles. The van der Waals surface area contributed by atoms with Crippen molar-refractivity contribution in [3.63, 3.8) is 0 Å². The molecule has 1 aromatic carbocycles. The van der Waals surface area contributed by atoms with Crippen LogP contribution in [0.1, 0.15) is 23.2 Å². The van der Waals surface area contributed by atoms with Crippen LogP contribution in [0.5, 0.6) is 0 Å². The van der Waals surface area contributed by atoms with Gasteiger partial charge < -0.3 is 10.1 Å². The standard InChI is InChI=1S/C13H14N2O5S/c1-20-13(17)8-4-5-11-9(7-8)14-12(16)10-3-2-6-15(10)21(11,18)19/h4-5,7,10H,2-3,6H2,1H3,(H,14,16). The molecule has 2 aliphatic heterocycles. The lowest BCUT2D eigenvalue weighted by Crippen LogP contribution is -2.40. The van der Waals surface area contributed by atoms with Crippen LogP contribution >= 0.6 is 0 Å². The highest BCUT2D eigenvalue weighted by molar-refractivity contribution is 7.89. The summed E-state index contributed by atoms with van der Waals surface area (Å²) in [7, 11) is -2.50. The van der Waals surface area contributed by atoms with Gasteiger partial charge in [-0.1, -0.05) is 0 Å². The van der Waals surface area contributed by atoms with Crippen molar-refractivity contribution >= 4 is 27.6 Å². The van der Waals surface area contributed by atoms with Gasteiger partial charge in [-0.05, 0) is 31.0 Å². The number of nitrogens with zero attached hydrogens (tertiary/aromatic N) is 1. The van der Waals surface area contributed by atoms with Crippen LogP contribution in [0, 0.1) is 0 Å². The summed E-state index contributed by atoms with van der Waals surface area (Å²) >= 11 is 0. The molecule has 1 saturated heterocycles. The number of amides is 1. The summed E-state index contributed by atoms with van der Waals surface area (Å²) in [5.41, 5.74) is 0.311. The maximum atomic E-state index is 12.6. The van der Waals surface area contributed by atoms with Gasteiger partial charge in [-0.15, -0.1) is 0 Å². The number of benzene rings is 1. The third-order valence-electron chi connectivity index (χ3n) is 3.75. The van der Waals surface area contributed by atoms with Crippen molar-refractivity contribution in [2.24, 2.45) is 0 Å². The summed E-state index contributed by atoms with van der Waals surface area (Å²) in [5.74, 6) is -0.953. The average Bonchev–Trinajstić information content (AvgIpc) is 2.93. The number of ether oxygens (including phenoxy) is 1. The number of fused-ring (bicyclic) bond motifs is 2. The molecule has 1 atom stereocenters. The zero-order chi connectivity index (χ0) is 15.2. The fraction of sp³-hybridized carbons (Fsp3) is 0.385. The fourth-order valence-corrected chi connectivity index (χ4v) is 4.52. The molecule has 1 aromatic rings. The Morgan fingerprint density at radius 1 is 1.43 bits per heavy atom. The van der Waals surface area contributed by atoms with Gasteiger partial charge in [0.1, 0.15) is 10.9 Å². The Bertz CT molecular complexity index is 728. The highest BCUT2D eigenvalue weighted by Crippen LogP contribution is 2.34. The van der Waals surface area contributed by atoms with E-state index in [2.05, 4.69) is 10.1 Å². The van der Waals surface area contributed by atoms with E-state index in [1.807, 2.05) is 0 Å². The molecular formula is C13H14N2O5S. The van der Waals surface area contributed by atoms with E-state index in [1.165, 1.54) is 29.6 Å². The normalized spacial score (nSPS) is 23.7. The molecule has 2 aliphatic rings. The Labute approximate surface area is 121 Å². The molecular weight excluding hydrogens is 296 g/mol. The summed E-state index contributed by atoms with van der Waals surface area (Å²) < 4.78 is 31.1. The first kappa shape index (κ1) is 14.0. The second-order valence-corrected chi connectivity index (χ2v) is 6.82. The third kappa shape index (κ3) is 2.11. The summed E-state index contributed by atoms with van der Waals surface area (Å²) in [6.45, 7) is 0.332. The smallest absolute Gasteiger partial charge is 0.337 e. The molecule has 112 valence electrons. The number of sulfonamides is 1. The number of carbonyl (C=O) groups excluding carboxylic acids is 2. The summed E-state index contributed by atoms with van der Waals surface area (Å²) in [4.78, 5) is 23.7. The monoisotopic (exact) mass is 310 g/mol. The number of carbonyl (C=O) groups is 2. The first-order chi connectivity index (χ1) is 9.95. The molecule has 1 amide bonds. The molecule has 0 radical (unpaired) electrons. The number of nitrogens with one attached hydrogen (secondary N) is 1. The molecule has 1 N–H and O–H groups in total. The highest BCUT2D eigenvalue weighted by atomic mass is 32.2. The molecule has 0 aromatic heterocycles. The first-order valence-corrected chi connectivity index (χ1v) is 7.94.